The molecule has 0 N–H and O–H groups in total. The molecular formula is C29H28N4O3. The molecule has 2 heterocycles. The molecule has 0 atom stereocenters. The van der Waals surface area contributed by atoms with E-state index in [-0.39, 0.29) is 12.5 Å². The van der Waals surface area contributed by atoms with Crippen LogP contribution in [0.3, 0.4) is 0 Å². The molecular weight excluding hydrogens is 452 g/mol. The van der Waals surface area contributed by atoms with E-state index in [9.17, 15) is 4.79 Å². The van der Waals surface area contributed by atoms with Gasteiger partial charge in [0.25, 0.3) is 0 Å². The van der Waals surface area contributed by atoms with Crippen LogP contribution in [0.15, 0.2) is 97.2 Å². The molecule has 0 spiro atoms. The fraction of sp³-hybridized carbons (Fsp3) is 0.207. The van der Waals surface area contributed by atoms with E-state index in [0.29, 0.717) is 38.7 Å². The number of carbonyl (C=O) groups is 1. The number of anilines is 1. The highest BCUT2D eigenvalue weighted by molar-refractivity contribution is 5.77. The second-order valence-electron chi connectivity index (χ2n) is 8.53. The average Bonchev–Trinajstić information content (AvgIpc) is 2.95. The summed E-state index contributed by atoms with van der Waals surface area (Å²) in [6.45, 7) is 3.12. The third kappa shape index (κ3) is 6.06. The van der Waals surface area contributed by atoms with Crippen LogP contribution in [0.1, 0.15) is 5.56 Å². The monoisotopic (exact) mass is 480 g/mol. The first-order chi connectivity index (χ1) is 17.7. The van der Waals surface area contributed by atoms with E-state index in [4.69, 9.17) is 14.5 Å². The number of nitrogens with zero attached hydrogens (tertiary/aromatic N) is 4. The maximum atomic E-state index is 12.6. The van der Waals surface area contributed by atoms with Crippen molar-refractivity contribution < 1.29 is 14.3 Å². The molecule has 4 aromatic rings. The smallest absolute Gasteiger partial charge is 0.248 e. The summed E-state index contributed by atoms with van der Waals surface area (Å²) in [6, 6.07) is 29.4. The first-order valence-corrected chi connectivity index (χ1v) is 12.1. The van der Waals surface area contributed by atoms with Crippen molar-refractivity contribution in [1.82, 2.24) is 14.9 Å². The number of ether oxygens (including phenoxy) is 2. The van der Waals surface area contributed by atoms with Gasteiger partial charge in [-0.05, 0) is 48.0 Å². The molecule has 1 saturated heterocycles. The van der Waals surface area contributed by atoms with E-state index < -0.39 is 0 Å². The molecule has 1 aliphatic rings. The Labute approximate surface area is 210 Å². The summed E-state index contributed by atoms with van der Waals surface area (Å²) in [4.78, 5) is 25.8. The maximum Gasteiger partial charge on any atom is 0.248 e. The van der Waals surface area contributed by atoms with Crippen molar-refractivity contribution in [2.75, 3.05) is 37.7 Å². The first-order valence-electron chi connectivity index (χ1n) is 12.1. The Morgan fingerprint density at radius 3 is 2.17 bits per heavy atom. The number of piperazine rings is 1. The SMILES string of the molecule is O=C(COCc1ccccc1)N1CCN(c2nccc(-c3ccc(Oc4ccccc4)cc3)n2)CC1. The summed E-state index contributed by atoms with van der Waals surface area (Å²) in [5.41, 5.74) is 2.90. The number of benzene rings is 3. The molecule has 7 nitrogen and oxygen atoms in total. The lowest BCUT2D eigenvalue weighted by molar-refractivity contribution is -0.136. The molecule has 36 heavy (non-hydrogen) atoms. The second-order valence-corrected chi connectivity index (χ2v) is 8.53. The number of amides is 1. The van der Waals surface area contributed by atoms with Gasteiger partial charge < -0.3 is 19.3 Å². The van der Waals surface area contributed by atoms with Gasteiger partial charge in [0, 0.05) is 37.9 Å². The zero-order valence-electron chi connectivity index (χ0n) is 20.0. The minimum Gasteiger partial charge on any atom is -0.457 e. The van der Waals surface area contributed by atoms with Crippen molar-refractivity contribution in [3.05, 3.63) is 103 Å². The summed E-state index contributed by atoms with van der Waals surface area (Å²) in [6.07, 6.45) is 1.78. The van der Waals surface area contributed by atoms with Crippen molar-refractivity contribution in [2.45, 2.75) is 6.61 Å². The number of carbonyl (C=O) groups excluding carboxylic acids is 1. The Morgan fingerprint density at radius 2 is 1.44 bits per heavy atom. The van der Waals surface area contributed by atoms with Crippen LogP contribution in [-0.2, 0) is 16.1 Å². The number of para-hydroxylation sites is 1. The number of hydrogen-bond acceptors (Lipinski definition) is 6. The molecule has 1 aromatic heterocycles. The third-order valence-corrected chi connectivity index (χ3v) is 6.02. The van der Waals surface area contributed by atoms with Gasteiger partial charge in [-0.3, -0.25) is 4.79 Å². The summed E-state index contributed by atoms with van der Waals surface area (Å²) in [7, 11) is 0. The molecule has 1 aliphatic heterocycles. The molecule has 1 amide bonds. The highest BCUT2D eigenvalue weighted by Crippen LogP contribution is 2.25. The summed E-state index contributed by atoms with van der Waals surface area (Å²) >= 11 is 0. The summed E-state index contributed by atoms with van der Waals surface area (Å²) < 4.78 is 11.5. The molecule has 0 radical (unpaired) electrons. The van der Waals surface area contributed by atoms with E-state index in [1.54, 1.807) is 6.20 Å². The van der Waals surface area contributed by atoms with Gasteiger partial charge in [-0.1, -0.05) is 48.5 Å². The lowest BCUT2D eigenvalue weighted by Gasteiger charge is -2.34. The number of rotatable bonds is 8. The Balaban J connectivity index is 1.14. The Kier molecular flexibility index (Phi) is 7.49. The Morgan fingerprint density at radius 1 is 0.778 bits per heavy atom. The minimum absolute atomic E-state index is 0.0121. The quantitative estimate of drug-likeness (QED) is 0.361. The van der Waals surface area contributed by atoms with Gasteiger partial charge in [-0.25, -0.2) is 9.97 Å². The van der Waals surface area contributed by atoms with Gasteiger partial charge in [0.05, 0.1) is 12.3 Å². The molecule has 5 rings (SSSR count). The second kappa shape index (κ2) is 11.5. The van der Waals surface area contributed by atoms with Gasteiger partial charge >= 0.3 is 0 Å². The minimum atomic E-state index is 0.0121. The first kappa shape index (κ1) is 23.5. The zero-order valence-corrected chi connectivity index (χ0v) is 20.0. The normalized spacial score (nSPS) is 13.4. The summed E-state index contributed by atoms with van der Waals surface area (Å²) in [5.74, 6) is 2.25. The van der Waals surface area contributed by atoms with Crippen molar-refractivity contribution >= 4 is 11.9 Å². The molecule has 1 fully saturated rings. The maximum absolute atomic E-state index is 12.6. The fourth-order valence-electron chi connectivity index (χ4n) is 4.06. The fourth-order valence-corrected chi connectivity index (χ4v) is 4.06. The van der Waals surface area contributed by atoms with Crippen molar-refractivity contribution in [1.29, 1.82) is 0 Å². The molecule has 0 saturated carbocycles. The summed E-state index contributed by atoms with van der Waals surface area (Å²) in [5, 5.41) is 0. The van der Waals surface area contributed by atoms with Crippen molar-refractivity contribution in [2.24, 2.45) is 0 Å². The molecule has 0 aliphatic carbocycles. The predicted octanol–water partition coefficient (Wildman–Crippen LogP) is 4.80. The van der Waals surface area contributed by atoms with Crippen LogP contribution in [0, 0.1) is 0 Å². The Bertz CT molecular complexity index is 1260. The van der Waals surface area contributed by atoms with E-state index in [1.807, 2.05) is 95.9 Å². The van der Waals surface area contributed by atoms with Gasteiger partial charge in [0.15, 0.2) is 0 Å². The van der Waals surface area contributed by atoms with E-state index >= 15 is 0 Å². The van der Waals surface area contributed by atoms with Crippen molar-refractivity contribution in [3.63, 3.8) is 0 Å². The molecule has 7 heteroatoms. The van der Waals surface area contributed by atoms with Crippen LogP contribution in [0.2, 0.25) is 0 Å². The number of aromatic nitrogens is 2. The van der Waals surface area contributed by atoms with E-state index in [1.165, 1.54) is 0 Å². The molecule has 0 unspecified atom stereocenters. The zero-order chi connectivity index (χ0) is 24.6. The lowest BCUT2D eigenvalue weighted by Crippen LogP contribution is -2.50. The van der Waals surface area contributed by atoms with Crippen LogP contribution >= 0.6 is 0 Å². The van der Waals surface area contributed by atoms with Gasteiger partial charge in [-0.15, -0.1) is 0 Å². The lowest BCUT2D eigenvalue weighted by atomic mass is 10.1. The predicted molar refractivity (Wildman–Crippen MR) is 139 cm³/mol. The largest absolute Gasteiger partial charge is 0.457 e. The van der Waals surface area contributed by atoms with Crippen LogP contribution < -0.4 is 9.64 Å². The number of hydrogen-bond donors (Lipinski definition) is 0. The standard InChI is InChI=1S/C29H28N4O3/c34-28(22-35-21-23-7-3-1-4-8-23)32-17-19-33(20-18-32)29-30-16-15-27(31-29)24-11-13-26(14-12-24)36-25-9-5-2-6-10-25/h1-16H,17-22H2. The van der Waals surface area contributed by atoms with Crippen LogP contribution in [0.25, 0.3) is 11.3 Å². The highest BCUT2D eigenvalue weighted by atomic mass is 16.5. The van der Waals surface area contributed by atoms with E-state index in [0.717, 1.165) is 28.3 Å². The van der Waals surface area contributed by atoms with E-state index in [2.05, 4.69) is 9.88 Å². The van der Waals surface area contributed by atoms with Crippen LogP contribution in [-0.4, -0.2) is 53.6 Å². The van der Waals surface area contributed by atoms with Gasteiger partial charge in [0.2, 0.25) is 11.9 Å². The average molecular weight is 481 g/mol. The molecule has 3 aromatic carbocycles. The topological polar surface area (TPSA) is 67.8 Å². The highest BCUT2D eigenvalue weighted by Gasteiger charge is 2.23. The van der Waals surface area contributed by atoms with Crippen LogP contribution in [0.5, 0.6) is 11.5 Å². The van der Waals surface area contributed by atoms with Crippen molar-refractivity contribution in [3.8, 4) is 22.8 Å². The van der Waals surface area contributed by atoms with Crippen LogP contribution in [0.4, 0.5) is 5.95 Å². The Hall–Kier alpha value is -4.23. The van der Waals surface area contributed by atoms with Gasteiger partial charge in [0.1, 0.15) is 18.1 Å². The molecule has 0 bridgehead atoms. The third-order valence-electron chi connectivity index (χ3n) is 6.02. The van der Waals surface area contributed by atoms with Gasteiger partial charge in [-0.2, -0.15) is 0 Å². The molecule has 182 valence electrons.